The minimum absolute atomic E-state index is 0.462. The van der Waals surface area contributed by atoms with E-state index in [0.29, 0.717) is 10.8 Å². The predicted molar refractivity (Wildman–Crippen MR) is 59.7 cm³/mol. The molecule has 1 aromatic rings. The summed E-state index contributed by atoms with van der Waals surface area (Å²) in [5, 5.41) is 13.8. The van der Waals surface area contributed by atoms with Crippen LogP contribution >= 0.6 is 11.6 Å². The second-order valence-corrected chi connectivity index (χ2v) is 2.77. The van der Waals surface area contributed by atoms with Gasteiger partial charge >= 0.3 is 0 Å². The molecule has 0 saturated carbocycles. The molecule has 5 nitrogen and oxygen atoms in total. The molecule has 1 aromatic heterocycles. The van der Waals surface area contributed by atoms with Crippen molar-refractivity contribution in [2.45, 2.75) is 0 Å². The van der Waals surface area contributed by atoms with Crippen molar-refractivity contribution >= 4 is 35.5 Å². The summed E-state index contributed by atoms with van der Waals surface area (Å²) in [6.07, 6.45) is 3.99. The van der Waals surface area contributed by atoms with Crippen LogP contribution in [0.4, 0.5) is 11.5 Å². The van der Waals surface area contributed by atoms with E-state index in [2.05, 4.69) is 20.8 Å². The first kappa shape index (κ1) is 10.5. The predicted octanol–water partition coefficient (Wildman–Crippen LogP) is 1.82. The third-order valence-corrected chi connectivity index (χ3v) is 1.74. The maximum Gasteiger partial charge on any atom is 0.165 e. The van der Waals surface area contributed by atoms with Crippen LogP contribution in [-0.4, -0.2) is 24.5 Å². The van der Waals surface area contributed by atoms with Gasteiger partial charge in [0, 0.05) is 13.3 Å². The Hall–Kier alpha value is -1.62. The number of pyridine rings is 1. The highest BCUT2D eigenvalue weighted by molar-refractivity contribution is 6.33. The zero-order valence-electron chi connectivity index (χ0n) is 7.58. The molecule has 0 aromatic carbocycles. The van der Waals surface area contributed by atoms with Crippen LogP contribution in [0.15, 0.2) is 17.4 Å². The summed E-state index contributed by atoms with van der Waals surface area (Å²) >= 11 is 5.89. The van der Waals surface area contributed by atoms with Crippen molar-refractivity contribution < 1.29 is 0 Å². The lowest BCUT2D eigenvalue weighted by Crippen LogP contribution is -1.96. The van der Waals surface area contributed by atoms with Crippen molar-refractivity contribution in [3.05, 3.63) is 17.3 Å². The van der Waals surface area contributed by atoms with Gasteiger partial charge in [-0.05, 0) is 6.07 Å². The van der Waals surface area contributed by atoms with E-state index in [0.717, 1.165) is 11.9 Å². The van der Waals surface area contributed by atoms with Gasteiger partial charge in [-0.2, -0.15) is 5.10 Å². The van der Waals surface area contributed by atoms with Crippen molar-refractivity contribution in [1.29, 1.82) is 5.41 Å². The smallest absolute Gasteiger partial charge is 0.165 e. The lowest BCUT2D eigenvalue weighted by molar-refractivity contribution is 1.23. The molecule has 1 heterocycles. The van der Waals surface area contributed by atoms with Crippen LogP contribution in [0.2, 0.25) is 5.02 Å². The van der Waals surface area contributed by atoms with Gasteiger partial charge in [0.05, 0.1) is 23.1 Å². The van der Waals surface area contributed by atoms with Crippen molar-refractivity contribution in [1.82, 2.24) is 4.98 Å². The Kier molecular flexibility index (Phi) is 3.87. The zero-order valence-corrected chi connectivity index (χ0v) is 8.34. The number of hydrogen-bond acceptors (Lipinski definition) is 5. The van der Waals surface area contributed by atoms with Gasteiger partial charge in [0.25, 0.3) is 0 Å². The minimum atomic E-state index is 0.462. The second kappa shape index (κ2) is 5.18. The molecule has 0 spiro atoms. The van der Waals surface area contributed by atoms with E-state index in [9.17, 15) is 0 Å². The van der Waals surface area contributed by atoms with Crippen LogP contribution in [0.5, 0.6) is 0 Å². The highest BCUT2D eigenvalue weighted by atomic mass is 35.5. The standard InChI is InChI=1S/C8H10ClN5/c1-11-6-4-7(9)8(12-5-6)14-13-3-2-10/h2-5,10-11H,1H3,(H,12,14)/b10-2?,13-3-. The van der Waals surface area contributed by atoms with Crippen LogP contribution in [0.3, 0.4) is 0 Å². The van der Waals surface area contributed by atoms with Gasteiger partial charge in [-0.25, -0.2) is 4.98 Å². The number of anilines is 2. The number of hydrogen-bond donors (Lipinski definition) is 3. The van der Waals surface area contributed by atoms with Crippen LogP contribution in [0, 0.1) is 5.41 Å². The first-order valence-electron chi connectivity index (χ1n) is 3.89. The normalized spacial score (nSPS) is 10.1. The Morgan fingerprint density at radius 3 is 3.00 bits per heavy atom. The number of nitrogens with zero attached hydrogens (tertiary/aromatic N) is 2. The SMILES string of the molecule is CNc1cnc(N/N=C\C=N)c(Cl)c1. The largest absolute Gasteiger partial charge is 0.387 e. The molecular formula is C8H10ClN5. The lowest BCUT2D eigenvalue weighted by atomic mass is 10.4. The van der Waals surface area contributed by atoms with E-state index in [1.54, 1.807) is 19.3 Å². The number of nitrogens with one attached hydrogen (secondary N) is 3. The molecule has 0 fully saturated rings. The quantitative estimate of drug-likeness (QED) is 0.526. The van der Waals surface area contributed by atoms with Gasteiger partial charge in [-0.15, -0.1) is 0 Å². The molecule has 14 heavy (non-hydrogen) atoms. The van der Waals surface area contributed by atoms with Crippen LogP contribution in [0.1, 0.15) is 0 Å². The van der Waals surface area contributed by atoms with Crippen molar-refractivity contribution in [3.8, 4) is 0 Å². The summed E-state index contributed by atoms with van der Waals surface area (Å²) < 4.78 is 0. The van der Waals surface area contributed by atoms with Gasteiger partial charge in [0.1, 0.15) is 0 Å². The maximum absolute atomic E-state index is 6.71. The van der Waals surface area contributed by atoms with Gasteiger partial charge in [0.15, 0.2) is 5.82 Å². The number of halogens is 1. The fraction of sp³-hybridized carbons (Fsp3) is 0.125. The highest BCUT2D eigenvalue weighted by Gasteiger charge is 2.00. The van der Waals surface area contributed by atoms with Gasteiger partial charge in [0.2, 0.25) is 0 Å². The Morgan fingerprint density at radius 1 is 1.64 bits per heavy atom. The fourth-order valence-electron chi connectivity index (χ4n) is 0.793. The summed E-state index contributed by atoms with van der Waals surface area (Å²) in [5.74, 6) is 0.462. The summed E-state index contributed by atoms with van der Waals surface area (Å²) in [4.78, 5) is 4.03. The summed E-state index contributed by atoms with van der Waals surface area (Å²) in [6, 6.07) is 1.73. The maximum atomic E-state index is 6.71. The molecule has 0 aliphatic carbocycles. The third kappa shape index (κ3) is 2.70. The van der Waals surface area contributed by atoms with E-state index >= 15 is 0 Å². The van der Waals surface area contributed by atoms with Crippen molar-refractivity contribution in [2.75, 3.05) is 17.8 Å². The molecule has 0 atom stereocenters. The summed E-state index contributed by atoms with van der Waals surface area (Å²) in [5.41, 5.74) is 3.44. The molecule has 0 bridgehead atoms. The van der Waals surface area contributed by atoms with Crippen LogP contribution < -0.4 is 10.7 Å². The van der Waals surface area contributed by atoms with Crippen molar-refractivity contribution in [3.63, 3.8) is 0 Å². The molecule has 6 heteroatoms. The van der Waals surface area contributed by atoms with Crippen LogP contribution in [-0.2, 0) is 0 Å². The van der Waals surface area contributed by atoms with Gasteiger partial charge < -0.3 is 10.7 Å². The Bertz CT molecular complexity index is 350. The molecule has 0 unspecified atom stereocenters. The monoisotopic (exact) mass is 211 g/mol. The molecule has 0 aliphatic rings. The average Bonchev–Trinajstić information content (AvgIpc) is 2.20. The fourth-order valence-corrected chi connectivity index (χ4v) is 1.00. The molecule has 0 saturated heterocycles. The molecule has 3 N–H and O–H groups in total. The molecule has 0 radical (unpaired) electrons. The number of hydrazone groups is 1. The second-order valence-electron chi connectivity index (χ2n) is 2.36. The third-order valence-electron chi connectivity index (χ3n) is 1.45. The topological polar surface area (TPSA) is 73.2 Å². The molecular weight excluding hydrogens is 202 g/mol. The Balaban J connectivity index is 2.78. The highest BCUT2D eigenvalue weighted by Crippen LogP contribution is 2.21. The first-order valence-corrected chi connectivity index (χ1v) is 4.27. The van der Waals surface area contributed by atoms with E-state index in [4.69, 9.17) is 17.0 Å². The van der Waals surface area contributed by atoms with E-state index in [-0.39, 0.29) is 0 Å². The van der Waals surface area contributed by atoms with E-state index < -0.39 is 0 Å². The summed E-state index contributed by atoms with van der Waals surface area (Å²) in [6.45, 7) is 0. The minimum Gasteiger partial charge on any atom is -0.387 e. The van der Waals surface area contributed by atoms with E-state index in [1.165, 1.54) is 6.21 Å². The van der Waals surface area contributed by atoms with Crippen molar-refractivity contribution in [2.24, 2.45) is 5.10 Å². The first-order chi connectivity index (χ1) is 6.77. The number of aromatic nitrogens is 1. The van der Waals surface area contributed by atoms with Crippen LogP contribution in [0.25, 0.3) is 0 Å². The van der Waals surface area contributed by atoms with E-state index in [1.807, 2.05) is 0 Å². The Labute approximate surface area is 86.7 Å². The molecule has 0 amide bonds. The van der Waals surface area contributed by atoms with Gasteiger partial charge in [-0.3, -0.25) is 5.43 Å². The van der Waals surface area contributed by atoms with Gasteiger partial charge in [-0.1, -0.05) is 11.6 Å². The molecule has 74 valence electrons. The lowest BCUT2D eigenvalue weighted by Gasteiger charge is -2.04. The summed E-state index contributed by atoms with van der Waals surface area (Å²) in [7, 11) is 1.79. The molecule has 1 rings (SSSR count). The molecule has 0 aliphatic heterocycles. The number of rotatable bonds is 4. The average molecular weight is 212 g/mol. The Morgan fingerprint density at radius 2 is 2.43 bits per heavy atom. The zero-order chi connectivity index (χ0) is 10.4.